The van der Waals surface area contributed by atoms with Gasteiger partial charge in [-0.1, -0.05) is 12.1 Å². The number of nitrogens with two attached hydrogens (primary N) is 1. The van der Waals surface area contributed by atoms with E-state index in [1.165, 1.54) is 0 Å². The van der Waals surface area contributed by atoms with Gasteiger partial charge in [-0.2, -0.15) is 5.26 Å². The zero-order valence-electron chi connectivity index (χ0n) is 13.0. The minimum atomic E-state index is -0.551. The van der Waals surface area contributed by atoms with Crippen LogP contribution in [0.5, 0.6) is 0 Å². The predicted octanol–water partition coefficient (Wildman–Crippen LogP) is 0.949. The zero-order chi connectivity index (χ0) is 17.1. The molecule has 0 aliphatic rings. The van der Waals surface area contributed by atoms with Crippen molar-refractivity contribution in [2.45, 2.75) is 13.3 Å². The highest BCUT2D eigenvalue weighted by Crippen LogP contribution is 2.09. The lowest BCUT2D eigenvalue weighted by molar-refractivity contribution is -0.117. The molecule has 1 aromatic carbocycles. The molecule has 0 saturated carbocycles. The highest BCUT2D eigenvalue weighted by atomic mass is 16.5. The molecule has 0 spiro atoms. The van der Waals surface area contributed by atoms with Crippen LogP contribution < -0.4 is 16.4 Å². The summed E-state index contributed by atoms with van der Waals surface area (Å²) in [6, 6.07) is 8.27. The van der Waals surface area contributed by atoms with Crippen LogP contribution in [0.25, 0.3) is 0 Å². The number of carbonyl (C=O) groups excluding carboxylic acids is 2. The van der Waals surface area contributed by atoms with E-state index in [4.69, 9.17) is 15.7 Å². The van der Waals surface area contributed by atoms with Crippen molar-refractivity contribution in [2.24, 2.45) is 0 Å². The van der Waals surface area contributed by atoms with Gasteiger partial charge in [0.1, 0.15) is 11.6 Å². The Kier molecular flexibility index (Phi) is 7.89. The lowest BCUT2D eigenvalue weighted by atomic mass is 10.1. The van der Waals surface area contributed by atoms with Crippen molar-refractivity contribution in [2.75, 3.05) is 25.5 Å². The van der Waals surface area contributed by atoms with Crippen molar-refractivity contribution in [3.05, 3.63) is 41.6 Å². The van der Waals surface area contributed by atoms with E-state index in [0.717, 1.165) is 6.20 Å². The molecule has 122 valence electrons. The van der Waals surface area contributed by atoms with Gasteiger partial charge in [0.25, 0.3) is 11.8 Å². The summed E-state index contributed by atoms with van der Waals surface area (Å²) in [6.07, 6.45) is 1.72. The molecular weight excluding hydrogens is 296 g/mol. The van der Waals surface area contributed by atoms with Gasteiger partial charge in [-0.05, 0) is 25.5 Å². The van der Waals surface area contributed by atoms with E-state index < -0.39 is 11.8 Å². The van der Waals surface area contributed by atoms with E-state index in [9.17, 15) is 9.59 Å². The number of nitrogen functional groups attached to an aromatic ring is 1. The normalized spacial score (nSPS) is 10.7. The molecule has 0 saturated heterocycles. The van der Waals surface area contributed by atoms with Gasteiger partial charge in [0.05, 0.1) is 5.56 Å². The fourth-order valence-electron chi connectivity index (χ4n) is 1.68. The zero-order valence-corrected chi connectivity index (χ0v) is 13.0. The van der Waals surface area contributed by atoms with Crippen LogP contribution in [0.4, 0.5) is 5.69 Å². The molecular formula is C16H20N4O3. The van der Waals surface area contributed by atoms with Gasteiger partial charge in [0.2, 0.25) is 0 Å². The number of ether oxygens (including phenoxy) is 1. The third-order valence-corrected chi connectivity index (χ3v) is 2.87. The number of hydrogen-bond donors (Lipinski definition) is 3. The molecule has 0 heterocycles. The number of amides is 2. The number of nitriles is 1. The number of nitrogens with zero attached hydrogens (tertiary/aromatic N) is 1. The van der Waals surface area contributed by atoms with Crippen LogP contribution in [0.3, 0.4) is 0 Å². The third kappa shape index (κ3) is 6.20. The molecule has 7 nitrogen and oxygen atoms in total. The Hall–Kier alpha value is -2.85. The van der Waals surface area contributed by atoms with Crippen molar-refractivity contribution in [1.82, 2.24) is 10.6 Å². The Morgan fingerprint density at radius 3 is 2.78 bits per heavy atom. The highest BCUT2D eigenvalue weighted by Gasteiger charge is 2.11. The Morgan fingerprint density at radius 1 is 1.39 bits per heavy atom. The monoisotopic (exact) mass is 316 g/mol. The largest absolute Gasteiger partial charge is 0.398 e. The second-order valence-corrected chi connectivity index (χ2v) is 4.54. The Balaban J connectivity index is 2.55. The molecule has 0 aliphatic carbocycles. The molecule has 1 rings (SSSR count). The van der Waals surface area contributed by atoms with Crippen LogP contribution in [0.2, 0.25) is 0 Å². The standard InChI is InChI=1S/C16H20N4O3/c1-2-23-9-5-8-19-15(21)12(10-17)11-20-16(22)13-6-3-4-7-14(13)18/h3-4,6-7,11H,2,5,8-9,18H2,1H3,(H,19,21)(H,20,22)/b12-11-. The summed E-state index contributed by atoms with van der Waals surface area (Å²) in [6.45, 7) is 3.42. The molecule has 7 heteroatoms. The summed E-state index contributed by atoms with van der Waals surface area (Å²) in [4.78, 5) is 23.8. The maximum atomic E-state index is 11.9. The minimum Gasteiger partial charge on any atom is -0.398 e. The number of benzene rings is 1. The number of nitrogens with one attached hydrogen (secondary N) is 2. The molecule has 0 bridgehead atoms. The van der Waals surface area contributed by atoms with Crippen molar-refractivity contribution in [1.29, 1.82) is 5.26 Å². The van der Waals surface area contributed by atoms with Gasteiger partial charge < -0.3 is 21.1 Å². The minimum absolute atomic E-state index is 0.190. The maximum Gasteiger partial charge on any atom is 0.263 e. The Bertz CT molecular complexity index is 620. The average Bonchev–Trinajstić information content (AvgIpc) is 2.55. The highest BCUT2D eigenvalue weighted by molar-refractivity contribution is 6.01. The lowest BCUT2D eigenvalue weighted by Crippen LogP contribution is -2.28. The van der Waals surface area contributed by atoms with Crippen LogP contribution in [0.15, 0.2) is 36.0 Å². The molecule has 0 aliphatic heterocycles. The molecule has 23 heavy (non-hydrogen) atoms. The van der Waals surface area contributed by atoms with E-state index in [2.05, 4.69) is 10.6 Å². The van der Waals surface area contributed by atoms with Gasteiger partial charge in [0, 0.05) is 31.6 Å². The van der Waals surface area contributed by atoms with E-state index >= 15 is 0 Å². The van der Waals surface area contributed by atoms with E-state index in [1.54, 1.807) is 30.3 Å². The second kappa shape index (κ2) is 9.97. The topological polar surface area (TPSA) is 117 Å². The second-order valence-electron chi connectivity index (χ2n) is 4.54. The number of anilines is 1. The van der Waals surface area contributed by atoms with Gasteiger partial charge in [-0.15, -0.1) is 0 Å². The van der Waals surface area contributed by atoms with Crippen LogP contribution in [0.1, 0.15) is 23.7 Å². The first-order valence-electron chi connectivity index (χ1n) is 7.21. The van der Waals surface area contributed by atoms with Crippen LogP contribution >= 0.6 is 0 Å². The van der Waals surface area contributed by atoms with Crippen LogP contribution in [0, 0.1) is 11.3 Å². The summed E-state index contributed by atoms with van der Waals surface area (Å²) in [5.74, 6) is -1.04. The lowest BCUT2D eigenvalue weighted by Gasteiger charge is -2.06. The first-order chi connectivity index (χ1) is 11.1. The average molecular weight is 316 g/mol. The molecule has 0 fully saturated rings. The van der Waals surface area contributed by atoms with Crippen molar-refractivity contribution >= 4 is 17.5 Å². The summed E-state index contributed by atoms with van der Waals surface area (Å²) >= 11 is 0. The maximum absolute atomic E-state index is 11.9. The first-order valence-corrected chi connectivity index (χ1v) is 7.21. The smallest absolute Gasteiger partial charge is 0.263 e. The summed E-state index contributed by atoms with van der Waals surface area (Å²) < 4.78 is 5.14. The molecule has 4 N–H and O–H groups in total. The summed E-state index contributed by atoms with van der Waals surface area (Å²) in [5.41, 5.74) is 6.09. The SMILES string of the molecule is CCOCCCNC(=O)/C(C#N)=C\NC(=O)c1ccccc1N. The molecule has 0 radical (unpaired) electrons. The quantitative estimate of drug-likeness (QED) is 0.286. The number of rotatable bonds is 8. The molecule has 0 unspecified atom stereocenters. The fraction of sp³-hybridized carbons (Fsp3) is 0.312. The van der Waals surface area contributed by atoms with Gasteiger partial charge >= 0.3 is 0 Å². The number of carbonyl (C=O) groups is 2. The van der Waals surface area contributed by atoms with E-state index in [-0.39, 0.29) is 11.1 Å². The van der Waals surface area contributed by atoms with Crippen molar-refractivity contribution in [3.8, 4) is 6.07 Å². The molecule has 0 atom stereocenters. The summed E-state index contributed by atoms with van der Waals surface area (Å²) in [5, 5.41) is 14.0. The van der Waals surface area contributed by atoms with Gasteiger partial charge in [-0.3, -0.25) is 9.59 Å². The van der Waals surface area contributed by atoms with Gasteiger partial charge in [0.15, 0.2) is 0 Å². The molecule has 2 amide bonds. The van der Waals surface area contributed by atoms with Crippen LogP contribution in [-0.2, 0) is 9.53 Å². The van der Waals surface area contributed by atoms with E-state index in [1.807, 2.05) is 6.92 Å². The third-order valence-electron chi connectivity index (χ3n) is 2.87. The number of para-hydroxylation sites is 1. The van der Waals surface area contributed by atoms with Crippen molar-refractivity contribution in [3.63, 3.8) is 0 Å². The molecule has 0 aromatic heterocycles. The molecule has 1 aromatic rings. The fourth-order valence-corrected chi connectivity index (χ4v) is 1.68. The van der Waals surface area contributed by atoms with Crippen LogP contribution in [-0.4, -0.2) is 31.6 Å². The predicted molar refractivity (Wildman–Crippen MR) is 86.1 cm³/mol. The van der Waals surface area contributed by atoms with Gasteiger partial charge in [-0.25, -0.2) is 0 Å². The Morgan fingerprint density at radius 2 is 2.13 bits per heavy atom. The number of hydrogen-bond acceptors (Lipinski definition) is 5. The summed E-state index contributed by atoms with van der Waals surface area (Å²) in [7, 11) is 0. The Labute approximate surface area is 135 Å². The first kappa shape index (κ1) is 18.2. The van der Waals surface area contributed by atoms with E-state index in [0.29, 0.717) is 31.9 Å². The van der Waals surface area contributed by atoms with Crippen molar-refractivity contribution < 1.29 is 14.3 Å².